The highest BCUT2D eigenvalue weighted by molar-refractivity contribution is 7.89. The van der Waals surface area contributed by atoms with Crippen molar-refractivity contribution in [2.45, 2.75) is 23.8 Å². The van der Waals surface area contributed by atoms with Gasteiger partial charge in [0.25, 0.3) is 0 Å². The first kappa shape index (κ1) is 16.0. The molecule has 2 rings (SSSR count). The normalized spacial score (nSPS) is 19.8. The highest BCUT2D eigenvalue weighted by Crippen LogP contribution is 2.15. The van der Waals surface area contributed by atoms with E-state index in [4.69, 9.17) is 5.73 Å². The van der Waals surface area contributed by atoms with Gasteiger partial charge in [-0.05, 0) is 44.6 Å². The number of sulfonamides is 1. The zero-order valence-corrected chi connectivity index (χ0v) is 13.0. The lowest BCUT2D eigenvalue weighted by molar-refractivity contribution is 0.242. The summed E-state index contributed by atoms with van der Waals surface area (Å²) >= 11 is 0. The summed E-state index contributed by atoms with van der Waals surface area (Å²) in [6.45, 7) is 2.01. The van der Waals surface area contributed by atoms with Gasteiger partial charge in [0.1, 0.15) is 0 Å². The zero-order valence-electron chi connectivity index (χ0n) is 12.2. The Hall–Kier alpha value is -1.39. The van der Waals surface area contributed by atoms with Crippen LogP contribution in [0.5, 0.6) is 0 Å². The Bertz CT molecular complexity index is 646. The number of nitrogens with one attached hydrogen (secondary N) is 1. The Balaban J connectivity index is 2.15. The van der Waals surface area contributed by atoms with Crippen LogP contribution in [0.2, 0.25) is 0 Å². The molecule has 1 atom stereocenters. The third-order valence-electron chi connectivity index (χ3n) is 3.43. The van der Waals surface area contributed by atoms with E-state index in [9.17, 15) is 8.42 Å². The number of nitrogens with zero attached hydrogens (tertiary/aromatic N) is 1. The molecular weight excluding hydrogens is 286 g/mol. The second kappa shape index (κ2) is 7.05. The van der Waals surface area contributed by atoms with Gasteiger partial charge in [0.2, 0.25) is 10.0 Å². The minimum absolute atomic E-state index is 0.0347. The van der Waals surface area contributed by atoms with Gasteiger partial charge < -0.3 is 10.6 Å². The van der Waals surface area contributed by atoms with Gasteiger partial charge in [0, 0.05) is 18.2 Å². The molecule has 114 valence electrons. The molecule has 0 aromatic heterocycles. The van der Waals surface area contributed by atoms with Gasteiger partial charge in [-0.2, -0.15) is 0 Å². The van der Waals surface area contributed by atoms with Crippen molar-refractivity contribution in [3.05, 3.63) is 29.8 Å². The number of benzene rings is 1. The van der Waals surface area contributed by atoms with E-state index in [2.05, 4.69) is 21.5 Å². The molecular formula is C15H21N3O2S. The maximum absolute atomic E-state index is 12.4. The quantitative estimate of drug-likeness (QED) is 0.791. The summed E-state index contributed by atoms with van der Waals surface area (Å²) in [4.78, 5) is 2.39. The molecule has 0 saturated carbocycles. The van der Waals surface area contributed by atoms with E-state index >= 15 is 0 Å². The molecule has 5 nitrogen and oxygen atoms in total. The Morgan fingerprint density at radius 3 is 3.00 bits per heavy atom. The van der Waals surface area contributed by atoms with Crippen LogP contribution in [0.4, 0.5) is 0 Å². The fourth-order valence-corrected chi connectivity index (χ4v) is 3.75. The fraction of sp³-hybridized carbons (Fsp3) is 0.467. The number of likely N-dealkylation sites (tertiary alicyclic amines) is 1. The van der Waals surface area contributed by atoms with Crippen LogP contribution in [0, 0.1) is 11.8 Å². The topological polar surface area (TPSA) is 75.4 Å². The van der Waals surface area contributed by atoms with Gasteiger partial charge in [-0.15, -0.1) is 0 Å². The van der Waals surface area contributed by atoms with Crippen molar-refractivity contribution >= 4 is 10.0 Å². The van der Waals surface area contributed by atoms with Gasteiger partial charge in [0.05, 0.1) is 11.4 Å². The first-order valence-electron chi connectivity index (χ1n) is 7.01. The molecule has 0 amide bonds. The van der Waals surface area contributed by atoms with E-state index < -0.39 is 10.0 Å². The number of likely N-dealkylation sites (N-methyl/N-ethyl adjacent to an activating group) is 1. The summed E-state index contributed by atoms with van der Waals surface area (Å²) in [5, 5.41) is 0. The first-order valence-corrected chi connectivity index (χ1v) is 8.49. The van der Waals surface area contributed by atoms with Crippen LogP contribution in [0.25, 0.3) is 0 Å². The smallest absolute Gasteiger partial charge is 0.240 e. The number of nitrogens with two attached hydrogens (primary N) is 1. The summed E-state index contributed by atoms with van der Waals surface area (Å²) in [6, 6.07) is 6.60. The van der Waals surface area contributed by atoms with E-state index in [-0.39, 0.29) is 17.5 Å². The van der Waals surface area contributed by atoms with Crippen molar-refractivity contribution in [2.24, 2.45) is 5.73 Å². The Kier molecular flexibility index (Phi) is 5.37. The molecule has 1 heterocycles. The van der Waals surface area contributed by atoms with E-state index in [1.807, 2.05) is 7.05 Å². The Morgan fingerprint density at radius 1 is 1.48 bits per heavy atom. The second-order valence-corrected chi connectivity index (χ2v) is 6.97. The van der Waals surface area contributed by atoms with Crippen molar-refractivity contribution in [1.29, 1.82) is 0 Å². The molecule has 1 aromatic carbocycles. The molecule has 1 aromatic rings. The van der Waals surface area contributed by atoms with E-state index in [1.54, 1.807) is 24.3 Å². The molecule has 1 aliphatic heterocycles. The van der Waals surface area contributed by atoms with Gasteiger partial charge in [-0.1, -0.05) is 17.9 Å². The number of piperidine rings is 1. The summed E-state index contributed by atoms with van der Waals surface area (Å²) < 4.78 is 27.6. The minimum Gasteiger partial charge on any atom is -0.320 e. The van der Waals surface area contributed by atoms with Crippen molar-refractivity contribution in [2.75, 3.05) is 26.7 Å². The minimum atomic E-state index is -3.51. The maximum atomic E-state index is 12.4. The highest BCUT2D eigenvalue weighted by atomic mass is 32.2. The molecule has 21 heavy (non-hydrogen) atoms. The van der Waals surface area contributed by atoms with E-state index in [0.29, 0.717) is 5.56 Å². The molecule has 6 heteroatoms. The Morgan fingerprint density at radius 2 is 2.29 bits per heavy atom. The number of hydrogen-bond acceptors (Lipinski definition) is 4. The van der Waals surface area contributed by atoms with Crippen LogP contribution in [-0.4, -0.2) is 46.0 Å². The van der Waals surface area contributed by atoms with Crippen LogP contribution >= 0.6 is 0 Å². The van der Waals surface area contributed by atoms with Gasteiger partial charge in [-0.3, -0.25) is 0 Å². The average Bonchev–Trinajstić information content (AvgIpc) is 2.45. The molecule has 0 radical (unpaired) electrons. The molecule has 3 N–H and O–H groups in total. The summed E-state index contributed by atoms with van der Waals surface area (Å²) in [7, 11) is -1.50. The predicted molar refractivity (Wildman–Crippen MR) is 83.2 cm³/mol. The highest BCUT2D eigenvalue weighted by Gasteiger charge is 2.23. The van der Waals surface area contributed by atoms with Gasteiger partial charge in [-0.25, -0.2) is 13.1 Å². The predicted octanol–water partition coefficient (Wildman–Crippen LogP) is 0.369. The van der Waals surface area contributed by atoms with Gasteiger partial charge >= 0.3 is 0 Å². The standard InChI is InChI=1S/C15H21N3O2S/c1-18-10-4-7-14(12-18)17-21(19,20)15-8-2-5-13(11-15)6-3-9-16/h2,5,8,11,14,17H,4,7,9-10,12,16H2,1H3. The Labute approximate surface area is 126 Å². The van der Waals surface area contributed by atoms with Crippen LogP contribution in [-0.2, 0) is 10.0 Å². The van der Waals surface area contributed by atoms with Crippen LogP contribution in [0.3, 0.4) is 0 Å². The molecule has 0 bridgehead atoms. The lowest BCUT2D eigenvalue weighted by Gasteiger charge is -2.29. The molecule has 1 saturated heterocycles. The van der Waals surface area contributed by atoms with Crippen LogP contribution in [0.1, 0.15) is 18.4 Å². The number of hydrogen-bond donors (Lipinski definition) is 2. The monoisotopic (exact) mass is 307 g/mol. The fourth-order valence-electron chi connectivity index (χ4n) is 2.44. The molecule has 0 spiro atoms. The van der Waals surface area contributed by atoms with Crippen molar-refractivity contribution in [3.8, 4) is 11.8 Å². The van der Waals surface area contributed by atoms with Crippen molar-refractivity contribution in [1.82, 2.24) is 9.62 Å². The molecule has 1 unspecified atom stereocenters. The summed E-state index contributed by atoms with van der Waals surface area (Å²) in [6.07, 6.45) is 1.88. The second-order valence-electron chi connectivity index (χ2n) is 5.26. The number of rotatable bonds is 3. The lowest BCUT2D eigenvalue weighted by atomic mass is 10.1. The largest absolute Gasteiger partial charge is 0.320 e. The van der Waals surface area contributed by atoms with Crippen LogP contribution in [0.15, 0.2) is 29.2 Å². The van der Waals surface area contributed by atoms with Crippen molar-refractivity contribution < 1.29 is 8.42 Å². The first-order chi connectivity index (χ1) is 10.0. The van der Waals surface area contributed by atoms with E-state index in [0.717, 1.165) is 25.9 Å². The molecule has 1 aliphatic rings. The van der Waals surface area contributed by atoms with Crippen molar-refractivity contribution in [3.63, 3.8) is 0 Å². The third kappa shape index (κ3) is 4.55. The summed E-state index contributed by atoms with van der Waals surface area (Å²) in [5.41, 5.74) is 5.98. The maximum Gasteiger partial charge on any atom is 0.240 e. The lowest BCUT2D eigenvalue weighted by Crippen LogP contribution is -2.46. The molecule has 0 aliphatic carbocycles. The zero-order chi connectivity index (χ0) is 15.3. The average molecular weight is 307 g/mol. The third-order valence-corrected chi connectivity index (χ3v) is 4.94. The summed E-state index contributed by atoms with van der Waals surface area (Å²) in [5.74, 6) is 5.58. The molecule has 1 fully saturated rings. The van der Waals surface area contributed by atoms with Crippen LogP contribution < -0.4 is 10.5 Å². The van der Waals surface area contributed by atoms with Gasteiger partial charge in [0.15, 0.2) is 0 Å². The SMILES string of the molecule is CN1CCCC(NS(=O)(=O)c2cccc(C#CCN)c2)C1. The van der Waals surface area contributed by atoms with E-state index in [1.165, 1.54) is 0 Å².